The lowest BCUT2D eigenvalue weighted by Crippen LogP contribution is -2.52. The molecule has 0 aliphatic heterocycles. The van der Waals surface area contributed by atoms with Gasteiger partial charge in [0.15, 0.2) is 35.1 Å². The van der Waals surface area contributed by atoms with Crippen LogP contribution in [0.15, 0.2) is 59.3 Å². The van der Waals surface area contributed by atoms with Gasteiger partial charge in [-0.3, -0.25) is 62.7 Å². The van der Waals surface area contributed by atoms with E-state index in [4.69, 9.17) is 34.4 Å². The molecule has 0 fully saturated rings. The Hall–Kier alpha value is -8.89. The normalized spacial score (nSPS) is 15.3. The van der Waals surface area contributed by atoms with E-state index in [1.54, 1.807) is 20.8 Å². The molecule has 29 nitrogen and oxygen atoms in total. The quantitative estimate of drug-likeness (QED) is 0.0205. The Labute approximate surface area is 530 Å². The molecule has 2 aromatic heterocycles. The largest absolute Gasteiger partial charge is 0.508 e. The summed E-state index contributed by atoms with van der Waals surface area (Å²) in [5, 5.41) is 31.7. The second kappa shape index (κ2) is 38.6. The number of phenols is 1. The topological polar surface area (TPSA) is 515 Å². The summed E-state index contributed by atoms with van der Waals surface area (Å²) < 4.78 is 0. The van der Waals surface area contributed by atoms with E-state index in [1.165, 1.54) is 63.2 Å². The molecule has 0 unspecified atom stereocenters. The predicted molar refractivity (Wildman–Crippen MR) is 338 cm³/mol. The zero-order valence-electron chi connectivity index (χ0n) is 53.3. The van der Waals surface area contributed by atoms with Crippen molar-refractivity contribution in [2.45, 2.75) is 175 Å². The third kappa shape index (κ3) is 27.8. The highest BCUT2D eigenvalue weighted by molar-refractivity contribution is 5.99. The summed E-state index contributed by atoms with van der Waals surface area (Å²) in [5.41, 5.74) is 34.8. The highest BCUT2D eigenvalue weighted by atomic mass is 16.3. The number of Topliss-reactive ketones (excluding diaryl/α,β-unsaturated/α-hetero) is 5. The molecule has 20 N–H and O–H groups in total. The van der Waals surface area contributed by atoms with Gasteiger partial charge in [-0.2, -0.15) is 0 Å². The van der Waals surface area contributed by atoms with Crippen molar-refractivity contribution in [1.29, 1.82) is 0 Å². The molecule has 0 aliphatic carbocycles. The number of aliphatic hydroxyl groups is 1. The SMILES string of the molecule is CC[C@H](C)[C@H](NC(=O)[C@@H](CC(=O)[C@H](CC(N)=O)NC(=O)[C@H](CCCN=C(N)N)CC(=O)[C@@H](NC(=O)[C@H](C)CC(=O)[C@H](Cc1cnc[nH]1)NC(=O)[C@@H](CC(=O)[C@@H](C)CCCN=C(N)N)CC(C)C)[C@@H](C)O)Cc1ccc(O)cc1)C(=O)C[C@@H](Cc1cnc[nH]1)C(N)=O. The number of guanidine groups is 2. The lowest BCUT2D eigenvalue weighted by atomic mass is 9.86. The van der Waals surface area contributed by atoms with E-state index < -0.39 is 156 Å². The van der Waals surface area contributed by atoms with E-state index in [2.05, 4.69) is 51.2 Å². The van der Waals surface area contributed by atoms with Crippen LogP contribution in [0, 0.1) is 47.3 Å². The first-order chi connectivity index (χ1) is 42.9. The van der Waals surface area contributed by atoms with Crippen LogP contribution in [-0.2, 0) is 72.0 Å². The van der Waals surface area contributed by atoms with Crippen LogP contribution in [-0.4, -0.2) is 150 Å². The number of imidazole rings is 2. The molecule has 0 saturated carbocycles. The number of aromatic hydroxyl groups is 1. The molecule has 502 valence electrons. The number of nitrogens with one attached hydrogen (secondary N) is 6. The van der Waals surface area contributed by atoms with Gasteiger partial charge in [0.1, 0.15) is 17.6 Å². The minimum absolute atomic E-state index is 0.00563. The fraction of sp³-hybridized carbons (Fsp3) is 0.597. The van der Waals surface area contributed by atoms with E-state index in [0.29, 0.717) is 49.2 Å². The van der Waals surface area contributed by atoms with E-state index in [-0.39, 0.29) is 80.9 Å². The Morgan fingerprint density at radius 1 is 0.527 bits per heavy atom. The van der Waals surface area contributed by atoms with Crippen molar-refractivity contribution in [2.24, 2.45) is 91.7 Å². The van der Waals surface area contributed by atoms with Crippen LogP contribution in [0.25, 0.3) is 0 Å². The number of aromatic amines is 2. The van der Waals surface area contributed by atoms with Crippen LogP contribution in [0.3, 0.4) is 0 Å². The number of amides is 6. The molecular weight excluding hydrogens is 1180 g/mol. The second-order valence-electron chi connectivity index (χ2n) is 24.2. The van der Waals surface area contributed by atoms with E-state index in [1.807, 2.05) is 13.8 Å². The predicted octanol–water partition coefficient (Wildman–Crippen LogP) is 0.279. The highest BCUT2D eigenvalue weighted by Crippen LogP contribution is 2.25. The first-order valence-corrected chi connectivity index (χ1v) is 30.8. The summed E-state index contributed by atoms with van der Waals surface area (Å²) in [7, 11) is 0. The molecule has 0 saturated heterocycles. The average molecular weight is 1270 g/mol. The van der Waals surface area contributed by atoms with Gasteiger partial charge in [-0.25, -0.2) is 9.97 Å². The number of benzene rings is 1. The Kier molecular flexibility index (Phi) is 32.4. The molecule has 6 amide bonds. The second-order valence-corrected chi connectivity index (χ2v) is 24.2. The van der Waals surface area contributed by atoms with Crippen molar-refractivity contribution in [2.75, 3.05) is 13.1 Å². The van der Waals surface area contributed by atoms with Crippen molar-refractivity contribution in [3.8, 4) is 5.75 Å². The van der Waals surface area contributed by atoms with Crippen molar-refractivity contribution < 1.29 is 63.0 Å². The molecule has 3 rings (SSSR count). The van der Waals surface area contributed by atoms with Crippen molar-refractivity contribution in [3.05, 3.63) is 66.3 Å². The highest BCUT2D eigenvalue weighted by Gasteiger charge is 2.38. The molecule has 0 aliphatic rings. The number of hydrogen-bond acceptors (Lipinski definition) is 17. The van der Waals surface area contributed by atoms with Gasteiger partial charge < -0.3 is 75.9 Å². The molecule has 2 heterocycles. The number of carbonyl (C=O) groups excluding carboxylic acids is 11. The maximum atomic E-state index is 14.5. The van der Waals surface area contributed by atoms with E-state index in [9.17, 15) is 63.0 Å². The number of carbonyl (C=O) groups is 11. The summed E-state index contributed by atoms with van der Waals surface area (Å²) >= 11 is 0. The van der Waals surface area contributed by atoms with Crippen LogP contribution in [0.2, 0.25) is 0 Å². The fourth-order valence-corrected chi connectivity index (χ4v) is 10.4. The molecule has 0 bridgehead atoms. The molecule has 12 atom stereocenters. The summed E-state index contributed by atoms with van der Waals surface area (Å²) in [6.07, 6.45) is 2.81. The van der Waals surface area contributed by atoms with Crippen molar-refractivity contribution >= 4 is 76.3 Å². The van der Waals surface area contributed by atoms with Gasteiger partial charge in [-0.15, -0.1) is 0 Å². The molecule has 0 spiro atoms. The molecular formula is C62H96N16O13. The van der Waals surface area contributed by atoms with Crippen LogP contribution < -0.4 is 55.7 Å². The maximum Gasteiger partial charge on any atom is 0.224 e. The van der Waals surface area contributed by atoms with Gasteiger partial charge in [0, 0.05) is 111 Å². The van der Waals surface area contributed by atoms with E-state index >= 15 is 0 Å². The Bertz CT molecular complexity index is 2940. The zero-order valence-corrected chi connectivity index (χ0v) is 53.3. The summed E-state index contributed by atoms with van der Waals surface area (Å²) in [6, 6.07) is 0.0739. The standard InChI is InChI=1S/C62H96N16O13/c1-8-34(4)54(51(84)24-40(56(64)87)22-43-29-69-31-73-43)77-60(91)42(21-38-13-15-45(80)16-14-38)26-50(83)47(28-53(63)86)76-58(89)39(12-10-18-72-62(67)68)23-52(85)55(37(7)79)78-57(88)36(6)20-49(82)46(27-44-30-70-32-74-44)75-59(90)41(19-33(2)3)25-48(81)35(5)11-9-17-71-61(65)66/h13-16,29-37,39-42,46-47,54-55,79-80H,8-12,17-28H2,1-7H3,(H2,63,86)(H2,64,87)(H,69,73)(H,70,74)(H,75,90)(H,76,89)(H,77,91)(H,78,88)(H4,65,66,71)(H4,67,68,72)/t34-,35-,36+,37+,39+,40+,41+,42+,46-,47-,54-,55-/m0/s1. The van der Waals surface area contributed by atoms with Gasteiger partial charge in [0.05, 0.1) is 49.2 Å². The number of primary amides is 2. The smallest absolute Gasteiger partial charge is 0.224 e. The molecule has 1 aromatic carbocycles. The minimum atomic E-state index is -1.68. The van der Waals surface area contributed by atoms with Crippen molar-refractivity contribution in [1.82, 2.24) is 41.2 Å². The van der Waals surface area contributed by atoms with E-state index in [0.717, 1.165) is 0 Å². The Morgan fingerprint density at radius 2 is 1.02 bits per heavy atom. The van der Waals surface area contributed by atoms with Gasteiger partial charge in [0.25, 0.3) is 0 Å². The fourth-order valence-electron chi connectivity index (χ4n) is 10.4. The van der Waals surface area contributed by atoms with Crippen molar-refractivity contribution in [3.63, 3.8) is 0 Å². The minimum Gasteiger partial charge on any atom is -0.508 e. The number of nitrogens with zero attached hydrogens (tertiary/aromatic N) is 4. The lowest BCUT2D eigenvalue weighted by molar-refractivity contribution is -0.137. The Balaban J connectivity index is 1.89. The number of nitrogens with two attached hydrogens (primary N) is 6. The maximum absolute atomic E-state index is 14.5. The number of aromatic nitrogens is 4. The third-order valence-electron chi connectivity index (χ3n) is 15.9. The molecule has 3 aromatic rings. The number of hydrogen-bond donors (Lipinski definition) is 14. The van der Waals surface area contributed by atoms with Gasteiger partial charge in [0.2, 0.25) is 35.4 Å². The summed E-state index contributed by atoms with van der Waals surface area (Å²) in [5.74, 6) is -14.6. The molecule has 0 radical (unpaired) electrons. The van der Waals surface area contributed by atoms with Gasteiger partial charge in [-0.1, -0.05) is 60.1 Å². The summed E-state index contributed by atoms with van der Waals surface area (Å²) in [4.78, 5) is 174. The number of aliphatic imine (C=N–C) groups is 2. The van der Waals surface area contributed by atoms with Crippen LogP contribution in [0.5, 0.6) is 5.75 Å². The lowest BCUT2D eigenvalue weighted by Gasteiger charge is -2.28. The number of aliphatic hydroxyl groups excluding tert-OH is 1. The number of phenolic OH excluding ortho intramolecular Hbond substituents is 1. The summed E-state index contributed by atoms with van der Waals surface area (Å²) in [6.45, 7) is 12.0. The van der Waals surface area contributed by atoms with Crippen LogP contribution >= 0.6 is 0 Å². The van der Waals surface area contributed by atoms with Crippen LogP contribution in [0.1, 0.15) is 142 Å². The van der Waals surface area contributed by atoms with Gasteiger partial charge >= 0.3 is 0 Å². The zero-order chi connectivity index (χ0) is 68.1. The number of H-pyrrole nitrogens is 2. The molecule has 29 heteroatoms. The van der Waals surface area contributed by atoms with Gasteiger partial charge in [-0.05, 0) is 75.0 Å². The first kappa shape index (κ1) is 76.4. The number of rotatable bonds is 45. The Morgan fingerprint density at radius 3 is 1.55 bits per heavy atom. The monoisotopic (exact) mass is 1270 g/mol. The molecule has 91 heavy (non-hydrogen) atoms. The van der Waals surface area contributed by atoms with Crippen LogP contribution in [0.4, 0.5) is 0 Å². The third-order valence-corrected chi connectivity index (χ3v) is 15.9. The number of ketones is 5. The average Bonchev–Trinajstić information content (AvgIpc) is 2.07. The first-order valence-electron chi connectivity index (χ1n) is 30.8.